The number of nitrogens with zero attached hydrogens (tertiary/aromatic N) is 3. The minimum Gasteiger partial charge on any atom is -0.298 e. The van der Waals surface area contributed by atoms with Gasteiger partial charge in [-0.2, -0.15) is 10.4 Å². The van der Waals surface area contributed by atoms with E-state index in [2.05, 4.69) is 5.10 Å². The molecule has 4 nitrogen and oxygen atoms in total. The van der Waals surface area contributed by atoms with Gasteiger partial charge in [0.15, 0.2) is 6.29 Å². The van der Waals surface area contributed by atoms with Crippen LogP contribution in [0.25, 0.3) is 11.3 Å². The fourth-order valence-electron chi connectivity index (χ4n) is 1.84. The molecule has 0 atom stereocenters. The highest BCUT2D eigenvalue weighted by molar-refractivity contribution is 5.85. The van der Waals surface area contributed by atoms with E-state index in [9.17, 15) is 9.18 Å². The maximum absolute atomic E-state index is 13.6. The molecular weight excluding hydrogens is 245 g/mol. The van der Waals surface area contributed by atoms with E-state index in [1.807, 2.05) is 6.92 Å². The zero-order valence-corrected chi connectivity index (χ0v) is 10.4. The Bertz CT molecular complexity index is 655. The maximum Gasteiger partial charge on any atom is 0.153 e. The van der Waals surface area contributed by atoms with Crippen molar-refractivity contribution in [2.24, 2.45) is 0 Å². The Morgan fingerprint density at radius 1 is 1.53 bits per heavy atom. The molecule has 0 fully saturated rings. The zero-order chi connectivity index (χ0) is 13.8. The highest BCUT2D eigenvalue weighted by Crippen LogP contribution is 2.23. The number of hydrogen-bond acceptors (Lipinski definition) is 3. The minimum atomic E-state index is -0.609. The summed E-state index contributed by atoms with van der Waals surface area (Å²) in [5.74, 6) is -0.609. The van der Waals surface area contributed by atoms with Gasteiger partial charge in [-0.1, -0.05) is 13.0 Å². The Kier molecular flexibility index (Phi) is 3.71. The quantitative estimate of drug-likeness (QED) is 0.791. The van der Waals surface area contributed by atoms with E-state index in [-0.39, 0.29) is 5.56 Å². The van der Waals surface area contributed by atoms with Gasteiger partial charge in [0.2, 0.25) is 0 Å². The number of rotatable bonds is 4. The Balaban J connectivity index is 2.49. The normalized spacial score (nSPS) is 10.2. The van der Waals surface area contributed by atoms with Crippen LogP contribution >= 0.6 is 0 Å². The van der Waals surface area contributed by atoms with E-state index in [1.54, 1.807) is 23.0 Å². The fourth-order valence-corrected chi connectivity index (χ4v) is 1.84. The van der Waals surface area contributed by atoms with Crippen LogP contribution in [0.3, 0.4) is 0 Å². The predicted octanol–water partition coefficient (Wildman–Crippen LogP) is 2.78. The summed E-state index contributed by atoms with van der Waals surface area (Å²) in [6, 6.07) is 5.96. The third kappa shape index (κ3) is 2.52. The van der Waals surface area contributed by atoms with Crippen LogP contribution in [0.15, 0.2) is 24.4 Å². The molecule has 2 rings (SSSR count). The standard InChI is InChI=1S/C14H12FN3O/c1-2-5-18-8-12(9-19)14(17-18)10-3-4-11(7-16)13(15)6-10/h3-4,6,8-9H,2,5H2,1H3. The lowest BCUT2D eigenvalue weighted by Gasteiger charge is -2.00. The zero-order valence-electron chi connectivity index (χ0n) is 10.4. The van der Waals surface area contributed by atoms with Gasteiger partial charge in [-0.3, -0.25) is 9.48 Å². The largest absolute Gasteiger partial charge is 0.298 e. The molecular formula is C14H12FN3O. The Morgan fingerprint density at radius 3 is 2.89 bits per heavy atom. The number of carbonyl (C=O) groups excluding carboxylic acids is 1. The Hall–Kier alpha value is -2.48. The summed E-state index contributed by atoms with van der Waals surface area (Å²) in [6.45, 7) is 2.70. The molecule has 0 saturated carbocycles. The topological polar surface area (TPSA) is 58.7 Å². The van der Waals surface area contributed by atoms with Gasteiger partial charge >= 0.3 is 0 Å². The third-order valence-corrected chi connectivity index (χ3v) is 2.73. The van der Waals surface area contributed by atoms with Gasteiger partial charge in [0, 0.05) is 18.3 Å². The summed E-state index contributed by atoms with van der Waals surface area (Å²) in [7, 11) is 0. The van der Waals surface area contributed by atoms with Crippen molar-refractivity contribution >= 4 is 6.29 Å². The van der Waals surface area contributed by atoms with Crippen LogP contribution in [-0.2, 0) is 6.54 Å². The van der Waals surface area contributed by atoms with Crippen molar-refractivity contribution in [2.45, 2.75) is 19.9 Å². The number of benzene rings is 1. The first-order valence-electron chi connectivity index (χ1n) is 5.92. The summed E-state index contributed by atoms with van der Waals surface area (Å²) in [5.41, 5.74) is 1.32. The Morgan fingerprint density at radius 2 is 2.32 bits per heavy atom. The summed E-state index contributed by atoms with van der Waals surface area (Å²) < 4.78 is 15.2. The minimum absolute atomic E-state index is 0.0237. The van der Waals surface area contributed by atoms with Gasteiger partial charge in [-0.05, 0) is 18.6 Å². The summed E-state index contributed by atoms with van der Waals surface area (Å²) in [5, 5.41) is 13.0. The van der Waals surface area contributed by atoms with Crippen LogP contribution in [0.2, 0.25) is 0 Å². The van der Waals surface area contributed by atoms with Crippen LogP contribution in [-0.4, -0.2) is 16.1 Å². The second-order valence-corrected chi connectivity index (χ2v) is 4.12. The van der Waals surface area contributed by atoms with E-state index in [4.69, 9.17) is 5.26 Å². The molecule has 0 saturated heterocycles. The van der Waals surface area contributed by atoms with Gasteiger partial charge in [0.1, 0.15) is 17.6 Å². The van der Waals surface area contributed by atoms with E-state index in [1.165, 1.54) is 12.1 Å². The van der Waals surface area contributed by atoms with Crippen molar-refractivity contribution in [1.29, 1.82) is 5.26 Å². The van der Waals surface area contributed by atoms with Crippen molar-refractivity contribution in [3.63, 3.8) is 0 Å². The van der Waals surface area contributed by atoms with Crippen molar-refractivity contribution in [3.05, 3.63) is 41.3 Å². The average Bonchev–Trinajstić information content (AvgIpc) is 2.82. The second kappa shape index (κ2) is 5.44. The van der Waals surface area contributed by atoms with Gasteiger partial charge in [-0.15, -0.1) is 0 Å². The van der Waals surface area contributed by atoms with E-state index in [0.717, 1.165) is 6.42 Å². The molecule has 2 aromatic rings. The molecule has 96 valence electrons. The van der Waals surface area contributed by atoms with Gasteiger partial charge in [-0.25, -0.2) is 4.39 Å². The van der Waals surface area contributed by atoms with Crippen LogP contribution in [0, 0.1) is 17.1 Å². The summed E-state index contributed by atoms with van der Waals surface area (Å²) >= 11 is 0. The molecule has 1 aromatic heterocycles. The number of aryl methyl sites for hydroxylation is 1. The van der Waals surface area contributed by atoms with Crippen molar-refractivity contribution in [3.8, 4) is 17.3 Å². The van der Waals surface area contributed by atoms with Crippen LogP contribution in [0.4, 0.5) is 4.39 Å². The van der Waals surface area contributed by atoms with E-state index in [0.29, 0.717) is 29.7 Å². The molecule has 0 spiro atoms. The monoisotopic (exact) mass is 257 g/mol. The molecule has 1 heterocycles. The van der Waals surface area contributed by atoms with Crippen LogP contribution in [0.1, 0.15) is 29.3 Å². The predicted molar refractivity (Wildman–Crippen MR) is 68.0 cm³/mol. The smallest absolute Gasteiger partial charge is 0.153 e. The number of aldehydes is 1. The van der Waals surface area contributed by atoms with Crippen LogP contribution < -0.4 is 0 Å². The third-order valence-electron chi connectivity index (χ3n) is 2.73. The highest BCUT2D eigenvalue weighted by atomic mass is 19.1. The molecule has 0 N–H and O–H groups in total. The SMILES string of the molecule is CCCn1cc(C=O)c(-c2ccc(C#N)c(F)c2)n1. The summed E-state index contributed by atoms with van der Waals surface area (Å²) in [6.07, 6.45) is 3.23. The molecule has 19 heavy (non-hydrogen) atoms. The maximum atomic E-state index is 13.6. The molecule has 0 aliphatic heterocycles. The second-order valence-electron chi connectivity index (χ2n) is 4.12. The van der Waals surface area contributed by atoms with Crippen LogP contribution in [0.5, 0.6) is 0 Å². The van der Waals surface area contributed by atoms with Crippen molar-refractivity contribution in [1.82, 2.24) is 9.78 Å². The molecule has 0 aliphatic rings. The lowest BCUT2D eigenvalue weighted by atomic mass is 10.1. The molecule has 0 unspecified atom stereocenters. The van der Waals surface area contributed by atoms with Gasteiger partial charge in [0.05, 0.1) is 11.1 Å². The van der Waals surface area contributed by atoms with E-state index >= 15 is 0 Å². The average molecular weight is 257 g/mol. The van der Waals surface area contributed by atoms with Crippen molar-refractivity contribution < 1.29 is 9.18 Å². The van der Waals surface area contributed by atoms with Gasteiger partial charge in [0.25, 0.3) is 0 Å². The molecule has 5 heteroatoms. The van der Waals surface area contributed by atoms with Crippen molar-refractivity contribution in [2.75, 3.05) is 0 Å². The molecule has 0 aliphatic carbocycles. The fraction of sp³-hybridized carbons (Fsp3) is 0.214. The number of carbonyl (C=O) groups is 1. The number of halogens is 1. The first-order chi connectivity index (χ1) is 9.19. The first-order valence-corrected chi connectivity index (χ1v) is 5.92. The molecule has 0 amide bonds. The number of nitriles is 1. The Labute approximate surface area is 110 Å². The number of hydrogen-bond donors (Lipinski definition) is 0. The van der Waals surface area contributed by atoms with E-state index < -0.39 is 5.82 Å². The first kappa shape index (κ1) is 13.0. The lowest BCUT2D eigenvalue weighted by Crippen LogP contribution is -1.97. The summed E-state index contributed by atoms with van der Waals surface area (Å²) in [4.78, 5) is 11.0. The molecule has 0 radical (unpaired) electrons. The highest BCUT2D eigenvalue weighted by Gasteiger charge is 2.12. The molecule has 0 bridgehead atoms. The lowest BCUT2D eigenvalue weighted by molar-refractivity contribution is 0.112. The molecule has 1 aromatic carbocycles. The van der Waals surface area contributed by atoms with Gasteiger partial charge < -0.3 is 0 Å². The number of aromatic nitrogens is 2.